The van der Waals surface area contributed by atoms with Crippen molar-refractivity contribution < 1.29 is 14.2 Å². The molecule has 0 fully saturated rings. The Balaban J connectivity index is 1.91. The van der Waals surface area contributed by atoms with E-state index in [4.69, 9.17) is 14.2 Å². The fourth-order valence-electron chi connectivity index (χ4n) is 3.06. The number of hydrogen-bond acceptors (Lipinski definition) is 3. The summed E-state index contributed by atoms with van der Waals surface area (Å²) in [6.45, 7) is 11.5. The fourth-order valence-corrected chi connectivity index (χ4v) is 3.06. The third-order valence-corrected chi connectivity index (χ3v) is 4.56. The molecule has 0 aliphatic heterocycles. The van der Waals surface area contributed by atoms with Crippen LogP contribution in [0.4, 0.5) is 0 Å². The van der Waals surface area contributed by atoms with Gasteiger partial charge >= 0.3 is 0 Å². The molecule has 0 heterocycles. The summed E-state index contributed by atoms with van der Waals surface area (Å²) in [5.74, 6) is 2.53. The van der Waals surface area contributed by atoms with Gasteiger partial charge in [0.2, 0.25) is 0 Å². The van der Waals surface area contributed by atoms with E-state index >= 15 is 0 Å². The molecule has 0 saturated carbocycles. The lowest BCUT2D eigenvalue weighted by Crippen LogP contribution is -2.12. The van der Waals surface area contributed by atoms with E-state index in [0.29, 0.717) is 13.2 Å². The van der Waals surface area contributed by atoms with Gasteiger partial charge < -0.3 is 14.2 Å². The summed E-state index contributed by atoms with van der Waals surface area (Å²) in [5, 5.41) is 0. The molecule has 0 bridgehead atoms. The molecule has 0 saturated heterocycles. The molecule has 0 aliphatic carbocycles. The maximum atomic E-state index is 6.07. The van der Waals surface area contributed by atoms with Crippen LogP contribution in [0.15, 0.2) is 48.5 Å². The second-order valence-electron chi connectivity index (χ2n) is 7.11. The predicted molar refractivity (Wildman–Crippen MR) is 112 cm³/mol. The molecule has 27 heavy (non-hydrogen) atoms. The molecule has 2 atom stereocenters. The van der Waals surface area contributed by atoms with Crippen LogP contribution in [0.1, 0.15) is 63.5 Å². The van der Waals surface area contributed by atoms with E-state index in [9.17, 15) is 0 Å². The Labute approximate surface area is 164 Å². The molecule has 0 amide bonds. The quantitative estimate of drug-likeness (QED) is 0.446. The minimum atomic E-state index is 0.289. The van der Waals surface area contributed by atoms with Gasteiger partial charge in [0.15, 0.2) is 0 Å². The van der Waals surface area contributed by atoms with Crippen molar-refractivity contribution in [1.82, 2.24) is 0 Å². The summed E-state index contributed by atoms with van der Waals surface area (Å²) in [6.07, 6.45) is 2.02. The highest BCUT2D eigenvalue weighted by atomic mass is 16.5. The van der Waals surface area contributed by atoms with E-state index in [2.05, 4.69) is 52.0 Å². The lowest BCUT2D eigenvalue weighted by molar-refractivity contribution is 0.112. The van der Waals surface area contributed by atoms with Crippen molar-refractivity contribution in [3.8, 4) is 11.5 Å². The average Bonchev–Trinajstić information content (AvgIpc) is 2.70. The van der Waals surface area contributed by atoms with Gasteiger partial charge in [0.1, 0.15) is 11.5 Å². The van der Waals surface area contributed by atoms with Gasteiger partial charge in [0.25, 0.3) is 0 Å². The van der Waals surface area contributed by atoms with E-state index in [0.717, 1.165) is 37.6 Å². The number of rotatable bonds is 12. The summed E-state index contributed by atoms with van der Waals surface area (Å²) < 4.78 is 17.8. The summed E-state index contributed by atoms with van der Waals surface area (Å²) in [7, 11) is 0. The van der Waals surface area contributed by atoms with E-state index in [1.54, 1.807) is 0 Å². The van der Waals surface area contributed by atoms with Gasteiger partial charge in [-0.15, -0.1) is 0 Å². The molecule has 0 spiro atoms. The van der Waals surface area contributed by atoms with Crippen molar-refractivity contribution in [3.05, 3.63) is 59.7 Å². The molecule has 2 unspecified atom stereocenters. The standard InChI is InChI=1S/C24H34O3/c1-5-15-26-23-13-9-7-11-21(23)19(3)17-25-18-20(4)22-12-8-10-14-24(22)27-16-6-2/h7-14,19-20H,5-6,15-18H2,1-4H3. The highest BCUT2D eigenvalue weighted by Crippen LogP contribution is 2.29. The van der Waals surface area contributed by atoms with E-state index in [-0.39, 0.29) is 11.8 Å². The summed E-state index contributed by atoms with van der Waals surface area (Å²) in [4.78, 5) is 0. The van der Waals surface area contributed by atoms with E-state index < -0.39 is 0 Å². The number of ether oxygens (including phenoxy) is 3. The third-order valence-electron chi connectivity index (χ3n) is 4.56. The highest BCUT2D eigenvalue weighted by Gasteiger charge is 2.15. The number of benzene rings is 2. The molecule has 3 heteroatoms. The molecular formula is C24H34O3. The van der Waals surface area contributed by atoms with Crippen LogP contribution in [0.2, 0.25) is 0 Å². The normalized spacial score (nSPS) is 13.2. The minimum absolute atomic E-state index is 0.289. The fraction of sp³-hybridized carbons (Fsp3) is 0.500. The van der Waals surface area contributed by atoms with Crippen molar-refractivity contribution in [2.45, 2.75) is 52.4 Å². The Morgan fingerprint density at radius 3 is 1.48 bits per heavy atom. The molecule has 0 radical (unpaired) electrons. The van der Waals surface area contributed by atoms with E-state index in [1.807, 2.05) is 24.3 Å². The van der Waals surface area contributed by atoms with Gasteiger partial charge in [-0.25, -0.2) is 0 Å². The molecular weight excluding hydrogens is 336 g/mol. The number of para-hydroxylation sites is 2. The van der Waals surface area contributed by atoms with Gasteiger partial charge in [-0.1, -0.05) is 64.1 Å². The van der Waals surface area contributed by atoms with Crippen LogP contribution in [-0.4, -0.2) is 26.4 Å². The third kappa shape index (κ3) is 6.59. The Kier molecular flexibility index (Phi) is 9.20. The minimum Gasteiger partial charge on any atom is -0.493 e. The molecule has 0 aliphatic rings. The largest absolute Gasteiger partial charge is 0.493 e. The van der Waals surface area contributed by atoms with Gasteiger partial charge in [-0.3, -0.25) is 0 Å². The summed E-state index contributed by atoms with van der Waals surface area (Å²) in [5.41, 5.74) is 2.43. The predicted octanol–water partition coefficient (Wildman–Crippen LogP) is 6.19. The van der Waals surface area contributed by atoms with Crippen LogP contribution < -0.4 is 9.47 Å². The molecule has 0 N–H and O–H groups in total. The lowest BCUT2D eigenvalue weighted by atomic mass is 10.00. The zero-order valence-corrected chi connectivity index (χ0v) is 17.2. The molecule has 148 valence electrons. The van der Waals surface area contributed by atoms with Crippen LogP contribution in [0.25, 0.3) is 0 Å². The molecule has 3 nitrogen and oxygen atoms in total. The van der Waals surface area contributed by atoms with Gasteiger partial charge in [-0.05, 0) is 36.1 Å². The summed E-state index contributed by atoms with van der Waals surface area (Å²) >= 11 is 0. The average molecular weight is 371 g/mol. The Morgan fingerprint density at radius 2 is 1.07 bits per heavy atom. The second kappa shape index (κ2) is 11.7. The molecule has 2 rings (SSSR count). The maximum absolute atomic E-state index is 6.07. The lowest BCUT2D eigenvalue weighted by Gasteiger charge is -2.20. The topological polar surface area (TPSA) is 27.7 Å². The zero-order chi connectivity index (χ0) is 19.5. The van der Waals surface area contributed by atoms with Crippen LogP contribution in [0.3, 0.4) is 0 Å². The molecule has 0 aromatic heterocycles. The SMILES string of the molecule is CCCOc1ccccc1C(C)COCC(C)c1ccccc1OCCC. The van der Waals surface area contributed by atoms with Crippen molar-refractivity contribution in [2.75, 3.05) is 26.4 Å². The van der Waals surface area contributed by atoms with Crippen LogP contribution in [0, 0.1) is 0 Å². The summed E-state index contributed by atoms with van der Waals surface area (Å²) in [6, 6.07) is 16.5. The van der Waals surface area contributed by atoms with Crippen LogP contribution in [-0.2, 0) is 4.74 Å². The van der Waals surface area contributed by atoms with Gasteiger partial charge in [-0.2, -0.15) is 0 Å². The van der Waals surface area contributed by atoms with Crippen molar-refractivity contribution in [1.29, 1.82) is 0 Å². The zero-order valence-electron chi connectivity index (χ0n) is 17.2. The maximum Gasteiger partial charge on any atom is 0.122 e. The Bertz CT molecular complexity index is 611. The first-order valence-electron chi connectivity index (χ1n) is 10.2. The Hall–Kier alpha value is -2.00. The molecule has 2 aromatic rings. The second-order valence-corrected chi connectivity index (χ2v) is 7.11. The highest BCUT2D eigenvalue weighted by molar-refractivity contribution is 5.37. The monoisotopic (exact) mass is 370 g/mol. The van der Waals surface area contributed by atoms with Crippen LogP contribution >= 0.6 is 0 Å². The van der Waals surface area contributed by atoms with Crippen molar-refractivity contribution in [3.63, 3.8) is 0 Å². The van der Waals surface area contributed by atoms with Gasteiger partial charge in [0.05, 0.1) is 26.4 Å². The first-order chi connectivity index (χ1) is 13.2. The number of hydrogen-bond donors (Lipinski definition) is 0. The van der Waals surface area contributed by atoms with Crippen molar-refractivity contribution in [2.24, 2.45) is 0 Å². The van der Waals surface area contributed by atoms with Crippen LogP contribution in [0.5, 0.6) is 11.5 Å². The first kappa shape index (κ1) is 21.3. The van der Waals surface area contributed by atoms with Gasteiger partial charge in [0, 0.05) is 11.8 Å². The first-order valence-corrected chi connectivity index (χ1v) is 10.2. The van der Waals surface area contributed by atoms with Crippen molar-refractivity contribution >= 4 is 0 Å². The van der Waals surface area contributed by atoms with E-state index in [1.165, 1.54) is 11.1 Å². The molecule has 2 aromatic carbocycles. The smallest absolute Gasteiger partial charge is 0.122 e. The Morgan fingerprint density at radius 1 is 0.667 bits per heavy atom.